The first-order valence-electron chi connectivity index (χ1n) is 18.6. The van der Waals surface area contributed by atoms with Crippen LogP contribution in [0.1, 0.15) is 30.5 Å². The fourth-order valence-electron chi connectivity index (χ4n) is 9.00. The Balaban J connectivity index is 1.29. The molecule has 0 unspecified atom stereocenters. The van der Waals surface area contributed by atoms with Crippen molar-refractivity contribution in [2.45, 2.75) is 26.2 Å². The molecule has 5 nitrogen and oxygen atoms in total. The lowest BCUT2D eigenvalue weighted by Crippen LogP contribution is -2.15. The van der Waals surface area contributed by atoms with Gasteiger partial charge in [-0.15, -0.1) is 0 Å². The molecular formula is C49H35N5. The van der Waals surface area contributed by atoms with Gasteiger partial charge in [-0.2, -0.15) is 9.97 Å². The smallest absolute Gasteiger partial charge is 0.238 e. The largest absolute Gasteiger partial charge is 0.307 e. The highest BCUT2D eigenvalue weighted by Crippen LogP contribution is 2.50. The van der Waals surface area contributed by atoms with Crippen LogP contribution in [0.2, 0.25) is 0 Å². The normalized spacial score (nSPS) is 13.2. The number of fused-ring (bicyclic) bond motifs is 10. The van der Waals surface area contributed by atoms with Crippen molar-refractivity contribution in [3.8, 4) is 45.5 Å². The third-order valence-electron chi connectivity index (χ3n) is 11.5. The second-order valence-electron chi connectivity index (χ2n) is 14.9. The van der Waals surface area contributed by atoms with E-state index in [-0.39, 0.29) is 5.41 Å². The molecule has 3 aromatic heterocycles. The summed E-state index contributed by atoms with van der Waals surface area (Å²) < 4.78 is 4.75. The van der Waals surface area contributed by atoms with Crippen molar-refractivity contribution < 1.29 is 0 Å². The molecule has 0 N–H and O–H groups in total. The molecule has 256 valence electrons. The molecule has 1 aliphatic carbocycles. The Labute approximate surface area is 312 Å². The van der Waals surface area contributed by atoms with E-state index in [2.05, 4.69) is 151 Å². The van der Waals surface area contributed by atoms with Gasteiger partial charge in [0.2, 0.25) is 5.95 Å². The maximum Gasteiger partial charge on any atom is 0.238 e. The van der Waals surface area contributed by atoms with Gasteiger partial charge in [-0.05, 0) is 65.1 Å². The molecule has 0 radical (unpaired) electrons. The Morgan fingerprint density at radius 1 is 0.463 bits per heavy atom. The van der Waals surface area contributed by atoms with Crippen molar-refractivity contribution in [1.82, 2.24) is 24.1 Å². The molecule has 11 rings (SSSR count). The zero-order valence-electron chi connectivity index (χ0n) is 30.2. The summed E-state index contributed by atoms with van der Waals surface area (Å²) in [6.07, 6.45) is 0. The maximum atomic E-state index is 5.29. The molecule has 0 saturated carbocycles. The van der Waals surface area contributed by atoms with E-state index < -0.39 is 0 Å². The zero-order valence-corrected chi connectivity index (χ0v) is 30.2. The topological polar surface area (TPSA) is 48.5 Å². The highest BCUT2D eigenvalue weighted by molar-refractivity contribution is 6.24. The van der Waals surface area contributed by atoms with Crippen molar-refractivity contribution in [3.05, 3.63) is 174 Å². The molecule has 0 fully saturated rings. The Hall–Kier alpha value is -6.85. The maximum absolute atomic E-state index is 5.29. The number of aryl methyl sites for hydroxylation is 1. The number of aromatic nitrogens is 5. The van der Waals surface area contributed by atoms with Crippen LogP contribution < -0.4 is 0 Å². The minimum absolute atomic E-state index is 0.131. The standard InChI is InChI=1S/C49H35N5/c1-30-28-38-36-21-11-14-24-41(36)53(33-26-27-35-34-20-10-13-23-39(34)49(2,3)40(35)29-33)44(38)45-43(30)37-22-12-15-25-42(37)54(45)48-51-46(31-16-6-4-7-17-31)50-47(52-48)32-18-8-5-9-19-32/h4-29H,1-3H3. The average molecular weight is 694 g/mol. The Morgan fingerprint density at radius 2 is 1.04 bits per heavy atom. The molecule has 0 amide bonds. The Bertz CT molecular complexity index is 3070. The van der Waals surface area contributed by atoms with Gasteiger partial charge in [0.1, 0.15) is 0 Å². The number of para-hydroxylation sites is 2. The SMILES string of the molecule is Cc1cc2c3ccccc3n(-c3ccc4c(c3)C(C)(C)c3ccccc3-4)c2c2c1c1ccccc1n2-c1nc(-c2ccccc2)nc(-c2ccccc2)n1. The fourth-order valence-corrected chi connectivity index (χ4v) is 9.00. The summed E-state index contributed by atoms with van der Waals surface area (Å²) in [5, 5.41) is 4.77. The summed E-state index contributed by atoms with van der Waals surface area (Å²) in [7, 11) is 0. The van der Waals surface area contributed by atoms with Gasteiger partial charge in [0.05, 0.1) is 22.1 Å². The number of hydrogen-bond acceptors (Lipinski definition) is 3. The summed E-state index contributed by atoms with van der Waals surface area (Å²) in [5.74, 6) is 1.86. The molecule has 0 bridgehead atoms. The van der Waals surface area contributed by atoms with Gasteiger partial charge in [-0.1, -0.05) is 141 Å². The van der Waals surface area contributed by atoms with E-state index in [0.29, 0.717) is 17.6 Å². The van der Waals surface area contributed by atoms with Crippen LogP contribution in [0.4, 0.5) is 0 Å². The predicted molar refractivity (Wildman–Crippen MR) is 222 cm³/mol. The molecule has 5 heteroatoms. The van der Waals surface area contributed by atoms with E-state index in [1.165, 1.54) is 44.0 Å². The van der Waals surface area contributed by atoms with Crippen molar-refractivity contribution in [3.63, 3.8) is 0 Å². The van der Waals surface area contributed by atoms with Crippen LogP contribution in [-0.2, 0) is 5.41 Å². The number of hydrogen-bond donors (Lipinski definition) is 0. The summed E-state index contributed by atoms with van der Waals surface area (Å²) in [5.41, 5.74) is 13.9. The van der Waals surface area contributed by atoms with Gasteiger partial charge in [0.15, 0.2) is 11.6 Å². The second-order valence-corrected chi connectivity index (χ2v) is 14.9. The van der Waals surface area contributed by atoms with Crippen LogP contribution in [-0.4, -0.2) is 24.1 Å². The van der Waals surface area contributed by atoms with Gasteiger partial charge in [-0.25, -0.2) is 4.98 Å². The molecule has 7 aromatic carbocycles. The molecule has 0 spiro atoms. The van der Waals surface area contributed by atoms with Gasteiger partial charge >= 0.3 is 0 Å². The molecule has 1 aliphatic rings. The first-order chi connectivity index (χ1) is 26.5. The fraction of sp³-hybridized carbons (Fsp3) is 0.0816. The molecule has 54 heavy (non-hydrogen) atoms. The first kappa shape index (κ1) is 30.7. The lowest BCUT2D eigenvalue weighted by atomic mass is 9.82. The second kappa shape index (κ2) is 11.3. The zero-order chi connectivity index (χ0) is 36.1. The third kappa shape index (κ3) is 4.29. The van der Waals surface area contributed by atoms with Gasteiger partial charge in [0.25, 0.3) is 0 Å². The van der Waals surface area contributed by atoms with Crippen LogP contribution >= 0.6 is 0 Å². The molecule has 3 heterocycles. The summed E-state index contributed by atoms with van der Waals surface area (Å²) >= 11 is 0. The molecule has 0 saturated heterocycles. The number of rotatable bonds is 4. The van der Waals surface area contributed by atoms with E-state index in [1.54, 1.807) is 0 Å². The van der Waals surface area contributed by atoms with Crippen LogP contribution in [0, 0.1) is 6.92 Å². The highest BCUT2D eigenvalue weighted by Gasteiger charge is 2.35. The van der Waals surface area contributed by atoms with Crippen molar-refractivity contribution in [1.29, 1.82) is 0 Å². The van der Waals surface area contributed by atoms with Crippen LogP contribution in [0.15, 0.2) is 158 Å². The summed E-state index contributed by atoms with van der Waals surface area (Å²) in [6.45, 7) is 6.93. The van der Waals surface area contributed by atoms with E-state index in [1.807, 2.05) is 36.4 Å². The molecule has 0 aliphatic heterocycles. The van der Waals surface area contributed by atoms with Gasteiger partial charge in [0, 0.05) is 43.8 Å². The van der Waals surface area contributed by atoms with E-state index in [0.717, 1.165) is 44.3 Å². The quantitative estimate of drug-likeness (QED) is 0.184. The van der Waals surface area contributed by atoms with Crippen molar-refractivity contribution >= 4 is 43.6 Å². The minimum atomic E-state index is -0.131. The van der Waals surface area contributed by atoms with E-state index in [4.69, 9.17) is 15.0 Å². The molecule has 10 aromatic rings. The summed E-state index contributed by atoms with van der Waals surface area (Å²) in [6, 6.07) is 56.1. The average Bonchev–Trinajstić information content (AvgIpc) is 3.82. The number of benzene rings is 7. The minimum Gasteiger partial charge on any atom is -0.307 e. The highest BCUT2D eigenvalue weighted by atomic mass is 15.2. The first-order valence-corrected chi connectivity index (χ1v) is 18.6. The van der Waals surface area contributed by atoms with Crippen molar-refractivity contribution in [2.75, 3.05) is 0 Å². The van der Waals surface area contributed by atoms with E-state index >= 15 is 0 Å². The summed E-state index contributed by atoms with van der Waals surface area (Å²) in [4.78, 5) is 15.6. The lowest BCUT2D eigenvalue weighted by molar-refractivity contribution is 0.660. The predicted octanol–water partition coefficient (Wildman–Crippen LogP) is 12.0. The van der Waals surface area contributed by atoms with Crippen LogP contribution in [0.25, 0.3) is 89.2 Å². The Kier molecular flexibility index (Phi) is 6.45. The van der Waals surface area contributed by atoms with Crippen LogP contribution in [0.3, 0.4) is 0 Å². The Morgan fingerprint density at radius 3 is 1.74 bits per heavy atom. The van der Waals surface area contributed by atoms with E-state index in [9.17, 15) is 0 Å². The third-order valence-corrected chi connectivity index (χ3v) is 11.5. The molecule has 0 atom stereocenters. The lowest BCUT2D eigenvalue weighted by Gasteiger charge is -2.22. The van der Waals surface area contributed by atoms with Crippen molar-refractivity contribution in [2.24, 2.45) is 0 Å². The number of nitrogens with zero attached hydrogens (tertiary/aromatic N) is 5. The van der Waals surface area contributed by atoms with Gasteiger partial charge in [-0.3, -0.25) is 4.57 Å². The van der Waals surface area contributed by atoms with Crippen LogP contribution in [0.5, 0.6) is 0 Å². The monoisotopic (exact) mass is 693 g/mol. The van der Waals surface area contributed by atoms with Gasteiger partial charge < -0.3 is 4.57 Å². The molecular weight excluding hydrogens is 659 g/mol.